The molecule has 0 radical (unpaired) electrons. The minimum atomic E-state index is -0.251. The van der Waals surface area contributed by atoms with Gasteiger partial charge >= 0.3 is 0 Å². The summed E-state index contributed by atoms with van der Waals surface area (Å²) in [5.41, 5.74) is -0.251. The van der Waals surface area contributed by atoms with Crippen LogP contribution in [0.5, 0.6) is 0 Å². The molecular weight excluding hydrogens is 214 g/mol. The highest BCUT2D eigenvalue weighted by molar-refractivity contribution is 6.19. The first-order valence-corrected chi connectivity index (χ1v) is 5.92. The molecule has 0 aromatic rings. The SMILES string of the molecule is CC1CN(C(=O)C(C)CCl)CC(C)(C)O1. The number of carbonyl (C=O) groups excluding carboxylic acids is 1. The second-order valence-electron chi connectivity index (χ2n) is 4.96. The number of halogens is 1. The van der Waals surface area contributed by atoms with Gasteiger partial charge in [-0.3, -0.25) is 4.79 Å². The predicted octanol–water partition coefficient (Wildman–Crippen LogP) is 1.89. The van der Waals surface area contributed by atoms with Gasteiger partial charge in [-0.15, -0.1) is 11.6 Å². The molecule has 1 aliphatic rings. The topological polar surface area (TPSA) is 29.5 Å². The van der Waals surface area contributed by atoms with Gasteiger partial charge in [0.1, 0.15) is 0 Å². The Morgan fingerprint density at radius 1 is 1.67 bits per heavy atom. The molecule has 15 heavy (non-hydrogen) atoms. The number of amides is 1. The molecule has 1 rings (SSSR count). The molecule has 0 aromatic heterocycles. The first-order chi connectivity index (χ1) is 6.85. The van der Waals surface area contributed by atoms with Crippen LogP contribution in [-0.2, 0) is 9.53 Å². The number of carbonyl (C=O) groups is 1. The molecule has 88 valence electrons. The number of nitrogens with zero attached hydrogens (tertiary/aromatic N) is 1. The third-order valence-corrected chi connectivity index (χ3v) is 3.00. The van der Waals surface area contributed by atoms with Gasteiger partial charge in [-0.2, -0.15) is 0 Å². The van der Waals surface area contributed by atoms with Crippen molar-refractivity contribution in [1.82, 2.24) is 4.90 Å². The quantitative estimate of drug-likeness (QED) is 0.682. The van der Waals surface area contributed by atoms with E-state index >= 15 is 0 Å². The molecule has 3 nitrogen and oxygen atoms in total. The summed E-state index contributed by atoms with van der Waals surface area (Å²) in [6.45, 7) is 9.19. The van der Waals surface area contributed by atoms with Crippen LogP contribution >= 0.6 is 11.6 Å². The van der Waals surface area contributed by atoms with Crippen molar-refractivity contribution >= 4 is 17.5 Å². The summed E-state index contributed by atoms with van der Waals surface area (Å²) in [5, 5.41) is 0. The molecule has 2 unspecified atom stereocenters. The van der Waals surface area contributed by atoms with Crippen molar-refractivity contribution < 1.29 is 9.53 Å². The highest BCUT2D eigenvalue weighted by Crippen LogP contribution is 2.22. The predicted molar refractivity (Wildman–Crippen MR) is 61.1 cm³/mol. The molecule has 0 bridgehead atoms. The number of morpholine rings is 1. The van der Waals surface area contributed by atoms with E-state index in [0.717, 1.165) is 0 Å². The molecule has 0 N–H and O–H groups in total. The van der Waals surface area contributed by atoms with Crippen LogP contribution in [0.2, 0.25) is 0 Å². The van der Waals surface area contributed by atoms with Crippen LogP contribution in [0.3, 0.4) is 0 Å². The fourth-order valence-electron chi connectivity index (χ4n) is 2.00. The zero-order chi connectivity index (χ0) is 11.6. The molecule has 1 heterocycles. The minimum Gasteiger partial charge on any atom is -0.369 e. The summed E-state index contributed by atoms with van der Waals surface area (Å²) >= 11 is 5.69. The lowest BCUT2D eigenvalue weighted by Crippen LogP contribution is -2.55. The molecule has 1 saturated heterocycles. The lowest BCUT2D eigenvalue weighted by molar-refractivity contribution is -0.160. The van der Waals surface area contributed by atoms with Crippen LogP contribution in [0.4, 0.5) is 0 Å². The molecule has 1 fully saturated rings. The Kier molecular flexibility index (Phi) is 4.01. The summed E-state index contributed by atoms with van der Waals surface area (Å²) in [6.07, 6.45) is 0.0974. The number of alkyl halides is 1. The van der Waals surface area contributed by atoms with Crippen LogP contribution in [-0.4, -0.2) is 41.5 Å². The Morgan fingerprint density at radius 2 is 2.27 bits per heavy atom. The maximum atomic E-state index is 11.9. The Morgan fingerprint density at radius 3 is 2.73 bits per heavy atom. The smallest absolute Gasteiger partial charge is 0.226 e. The lowest BCUT2D eigenvalue weighted by Gasteiger charge is -2.42. The van der Waals surface area contributed by atoms with Gasteiger partial charge in [-0.05, 0) is 20.8 Å². The minimum absolute atomic E-state index is 0.0974. The third-order valence-electron chi connectivity index (χ3n) is 2.53. The second-order valence-corrected chi connectivity index (χ2v) is 5.27. The van der Waals surface area contributed by atoms with E-state index < -0.39 is 0 Å². The number of hydrogen-bond acceptors (Lipinski definition) is 2. The number of hydrogen-bond donors (Lipinski definition) is 0. The molecule has 0 spiro atoms. The monoisotopic (exact) mass is 233 g/mol. The van der Waals surface area contributed by atoms with E-state index in [1.165, 1.54) is 0 Å². The van der Waals surface area contributed by atoms with Crippen molar-refractivity contribution in [2.24, 2.45) is 5.92 Å². The molecule has 0 saturated carbocycles. The molecule has 2 atom stereocenters. The van der Waals surface area contributed by atoms with Crippen molar-refractivity contribution in [1.29, 1.82) is 0 Å². The van der Waals surface area contributed by atoms with E-state index in [0.29, 0.717) is 19.0 Å². The van der Waals surface area contributed by atoms with Gasteiger partial charge < -0.3 is 9.64 Å². The average Bonchev–Trinajstić information content (AvgIpc) is 2.12. The molecule has 4 heteroatoms. The number of rotatable bonds is 2. The maximum absolute atomic E-state index is 11.9. The van der Waals surface area contributed by atoms with Gasteiger partial charge in [0.25, 0.3) is 0 Å². The van der Waals surface area contributed by atoms with E-state index in [9.17, 15) is 4.79 Å². The van der Waals surface area contributed by atoms with Crippen LogP contribution in [0.1, 0.15) is 27.7 Å². The Balaban J connectivity index is 2.66. The first-order valence-electron chi connectivity index (χ1n) is 5.38. The highest BCUT2D eigenvalue weighted by atomic mass is 35.5. The van der Waals surface area contributed by atoms with Crippen LogP contribution in [0, 0.1) is 5.92 Å². The summed E-state index contributed by atoms with van der Waals surface area (Å²) in [7, 11) is 0. The van der Waals surface area contributed by atoms with Gasteiger partial charge in [0.05, 0.1) is 11.7 Å². The van der Waals surface area contributed by atoms with Crippen LogP contribution in [0.25, 0.3) is 0 Å². The molecule has 0 aromatic carbocycles. The Bertz CT molecular complexity index is 243. The van der Waals surface area contributed by atoms with E-state index in [1.54, 1.807) is 0 Å². The zero-order valence-corrected chi connectivity index (χ0v) is 10.7. The van der Waals surface area contributed by atoms with Gasteiger partial charge in [0, 0.05) is 24.9 Å². The summed E-state index contributed by atoms with van der Waals surface area (Å²) < 4.78 is 5.74. The van der Waals surface area contributed by atoms with Crippen molar-refractivity contribution in [3.8, 4) is 0 Å². The fourth-order valence-corrected chi connectivity index (χ4v) is 2.13. The normalized spacial score (nSPS) is 27.5. The van der Waals surface area contributed by atoms with E-state index in [2.05, 4.69) is 0 Å². The van der Waals surface area contributed by atoms with Crippen LogP contribution in [0.15, 0.2) is 0 Å². The molecule has 1 amide bonds. The molecule has 0 aliphatic carbocycles. The van der Waals surface area contributed by atoms with Crippen molar-refractivity contribution in [2.45, 2.75) is 39.4 Å². The van der Waals surface area contributed by atoms with Gasteiger partial charge in [0.15, 0.2) is 0 Å². The second kappa shape index (κ2) is 4.71. The van der Waals surface area contributed by atoms with Gasteiger partial charge in [-0.1, -0.05) is 6.92 Å². The van der Waals surface area contributed by atoms with Crippen molar-refractivity contribution in [2.75, 3.05) is 19.0 Å². The maximum Gasteiger partial charge on any atom is 0.226 e. The lowest BCUT2D eigenvalue weighted by atomic mass is 10.0. The largest absolute Gasteiger partial charge is 0.369 e. The average molecular weight is 234 g/mol. The van der Waals surface area contributed by atoms with Crippen molar-refractivity contribution in [3.05, 3.63) is 0 Å². The molecular formula is C11H20ClNO2. The van der Waals surface area contributed by atoms with Gasteiger partial charge in [-0.25, -0.2) is 0 Å². The summed E-state index contributed by atoms with van der Waals surface area (Å²) in [5.74, 6) is 0.409. The number of ether oxygens (including phenoxy) is 1. The summed E-state index contributed by atoms with van der Waals surface area (Å²) in [6, 6.07) is 0. The van der Waals surface area contributed by atoms with Gasteiger partial charge in [0.2, 0.25) is 5.91 Å². The van der Waals surface area contributed by atoms with E-state index in [1.807, 2.05) is 32.6 Å². The van der Waals surface area contributed by atoms with E-state index in [-0.39, 0.29) is 23.5 Å². The molecule has 1 aliphatic heterocycles. The Labute approximate surface area is 96.7 Å². The zero-order valence-electron chi connectivity index (χ0n) is 9.92. The Hall–Kier alpha value is -0.280. The third kappa shape index (κ3) is 3.35. The fraction of sp³-hybridized carbons (Fsp3) is 0.909. The standard InChI is InChI=1S/C11H20ClNO2/c1-8(5-12)10(14)13-6-9(2)15-11(3,4)7-13/h8-9H,5-7H2,1-4H3. The van der Waals surface area contributed by atoms with E-state index in [4.69, 9.17) is 16.3 Å². The van der Waals surface area contributed by atoms with Crippen molar-refractivity contribution in [3.63, 3.8) is 0 Å². The first kappa shape index (κ1) is 12.8. The van der Waals surface area contributed by atoms with Crippen LogP contribution < -0.4 is 0 Å². The summed E-state index contributed by atoms with van der Waals surface area (Å²) in [4.78, 5) is 13.8. The highest BCUT2D eigenvalue weighted by Gasteiger charge is 2.34.